The predicted molar refractivity (Wildman–Crippen MR) is 126 cm³/mol. The summed E-state index contributed by atoms with van der Waals surface area (Å²) < 4.78 is 11.2. The first-order chi connectivity index (χ1) is 15.5. The average molecular weight is 444 g/mol. The lowest BCUT2D eigenvalue weighted by Crippen LogP contribution is -2.51. The van der Waals surface area contributed by atoms with Crippen LogP contribution < -0.4 is 9.47 Å². The molecule has 0 bridgehead atoms. The number of hydrogen-bond donors (Lipinski definition) is 0. The molecular weight excluding hydrogens is 406 g/mol. The number of ether oxygens (including phenoxy) is 2. The molecular formula is C25H37N3O4. The number of amides is 2. The molecule has 7 nitrogen and oxygen atoms in total. The maximum atomic E-state index is 12.6. The second-order valence-electron chi connectivity index (χ2n) is 8.99. The van der Waals surface area contributed by atoms with E-state index in [4.69, 9.17) is 9.47 Å². The first-order valence-corrected chi connectivity index (χ1v) is 11.7. The Hall–Kier alpha value is -2.54. The van der Waals surface area contributed by atoms with Crippen LogP contribution in [0.3, 0.4) is 0 Å². The standard InChI is InChI=1S/C25H37N3O4/c1-20(2)19-32-22-9-7-21(17-23(22)31-3)8-10-24(29)28-15-13-26(14-16-28)18-25(30)27-11-5-4-6-12-27/h7-10,17,20H,4-6,11-16,18-19H2,1-3H3/b10-8+. The van der Waals surface area contributed by atoms with Gasteiger partial charge in [-0.15, -0.1) is 0 Å². The zero-order valence-corrected chi connectivity index (χ0v) is 19.7. The van der Waals surface area contributed by atoms with Crippen molar-refractivity contribution < 1.29 is 19.1 Å². The van der Waals surface area contributed by atoms with Crippen LogP contribution in [-0.4, -0.2) is 86.0 Å². The van der Waals surface area contributed by atoms with Gasteiger partial charge in [0.25, 0.3) is 0 Å². The van der Waals surface area contributed by atoms with Crippen molar-refractivity contribution in [1.29, 1.82) is 0 Å². The molecule has 32 heavy (non-hydrogen) atoms. The van der Waals surface area contributed by atoms with Crippen LogP contribution in [0.5, 0.6) is 11.5 Å². The Morgan fingerprint density at radius 3 is 2.34 bits per heavy atom. The maximum absolute atomic E-state index is 12.6. The van der Waals surface area contributed by atoms with E-state index in [2.05, 4.69) is 18.7 Å². The van der Waals surface area contributed by atoms with Crippen LogP contribution in [0.1, 0.15) is 38.7 Å². The molecule has 7 heteroatoms. The van der Waals surface area contributed by atoms with Crippen molar-refractivity contribution in [2.45, 2.75) is 33.1 Å². The number of carbonyl (C=O) groups excluding carboxylic acids is 2. The van der Waals surface area contributed by atoms with Crippen molar-refractivity contribution in [2.75, 3.05) is 59.5 Å². The van der Waals surface area contributed by atoms with E-state index < -0.39 is 0 Å². The average Bonchev–Trinajstić information content (AvgIpc) is 2.82. The highest BCUT2D eigenvalue weighted by molar-refractivity contribution is 5.92. The fraction of sp³-hybridized carbons (Fsp3) is 0.600. The largest absolute Gasteiger partial charge is 0.493 e. The second-order valence-corrected chi connectivity index (χ2v) is 8.99. The van der Waals surface area contributed by atoms with Crippen molar-refractivity contribution >= 4 is 17.9 Å². The fourth-order valence-corrected chi connectivity index (χ4v) is 4.00. The predicted octanol–water partition coefficient (Wildman–Crippen LogP) is 2.90. The van der Waals surface area contributed by atoms with E-state index in [9.17, 15) is 9.59 Å². The van der Waals surface area contributed by atoms with Gasteiger partial charge in [-0.2, -0.15) is 0 Å². The summed E-state index contributed by atoms with van der Waals surface area (Å²) in [6.07, 6.45) is 6.86. The molecule has 2 heterocycles. The number of nitrogens with zero attached hydrogens (tertiary/aromatic N) is 3. The molecule has 2 aliphatic heterocycles. The number of likely N-dealkylation sites (tertiary alicyclic amines) is 1. The molecule has 2 fully saturated rings. The minimum Gasteiger partial charge on any atom is -0.493 e. The Labute approximate surface area is 191 Å². The van der Waals surface area contributed by atoms with Crippen LogP contribution in [-0.2, 0) is 9.59 Å². The summed E-state index contributed by atoms with van der Waals surface area (Å²) in [6.45, 7) is 9.80. The minimum absolute atomic E-state index is 0.00823. The summed E-state index contributed by atoms with van der Waals surface area (Å²) in [6, 6.07) is 5.68. The molecule has 0 saturated carbocycles. The van der Waals surface area contributed by atoms with E-state index in [1.807, 2.05) is 34.1 Å². The third kappa shape index (κ3) is 6.99. The van der Waals surface area contributed by atoms with Gasteiger partial charge in [-0.3, -0.25) is 14.5 Å². The Morgan fingerprint density at radius 1 is 0.969 bits per heavy atom. The molecule has 176 valence electrons. The lowest BCUT2D eigenvalue weighted by atomic mass is 10.1. The van der Waals surface area contributed by atoms with E-state index in [-0.39, 0.29) is 11.8 Å². The molecule has 0 aromatic heterocycles. The van der Waals surface area contributed by atoms with Gasteiger partial charge in [0, 0.05) is 45.3 Å². The highest BCUT2D eigenvalue weighted by atomic mass is 16.5. The van der Waals surface area contributed by atoms with E-state index in [1.165, 1.54) is 6.42 Å². The number of carbonyl (C=O) groups is 2. The molecule has 1 aromatic rings. The Bertz CT molecular complexity index is 794. The van der Waals surface area contributed by atoms with Crippen molar-refractivity contribution in [3.05, 3.63) is 29.8 Å². The van der Waals surface area contributed by atoms with Crippen molar-refractivity contribution in [1.82, 2.24) is 14.7 Å². The van der Waals surface area contributed by atoms with Crippen LogP contribution in [0.25, 0.3) is 6.08 Å². The Balaban J connectivity index is 1.47. The molecule has 0 radical (unpaired) electrons. The quantitative estimate of drug-likeness (QED) is 0.578. The van der Waals surface area contributed by atoms with Crippen LogP contribution in [0, 0.1) is 5.92 Å². The molecule has 2 saturated heterocycles. The molecule has 2 aliphatic rings. The van der Waals surface area contributed by atoms with Crippen LogP contribution in [0.15, 0.2) is 24.3 Å². The Kier molecular flexibility index (Phi) is 8.97. The summed E-state index contributed by atoms with van der Waals surface area (Å²) in [4.78, 5) is 31.1. The zero-order valence-electron chi connectivity index (χ0n) is 19.7. The molecule has 1 aromatic carbocycles. The molecule has 0 N–H and O–H groups in total. The highest BCUT2D eigenvalue weighted by Gasteiger charge is 2.24. The monoisotopic (exact) mass is 443 g/mol. The molecule has 0 unspecified atom stereocenters. The van der Waals surface area contributed by atoms with Gasteiger partial charge in [0.05, 0.1) is 20.3 Å². The smallest absolute Gasteiger partial charge is 0.246 e. The van der Waals surface area contributed by atoms with Gasteiger partial charge >= 0.3 is 0 Å². The number of hydrogen-bond acceptors (Lipinski definition) is 5. The van der Waals surface area contributed by atoms with Gasteiger partial charge in [-0.25, -0.2) is 0 Å². The fourth-order valence-electron chi connectivity index (χ4n) is 4.00. The third-order valence-corrected chi connectivity index (χ3v) is 5.93. The molecule has 2 amide bonds. The summed E-state index contributed by atoms with van der Waals surface area (Å²) in [5.41, 5.74) is 0.887. The maximum Gasteiger partial charge on any atom is 0.246 e. The number of rotatable bonds is 8. The van der Waals surface area contributed by atoms with E-state index in [1.54, 1.807) is 13.2 Å². The number of piperazine rings is 1. The second kappa shape index (κ2) is 11.9. The van der Waals surface area contributed by atoms with Crippen LogP contribution in [0.4, 0.5) is 0 Å². The van der Waals surface area contributed by atoms with Gasteiger partial charge in [-0.1, -0.05) is 19.9 Å². The van der Waals surface area contributed by atoms with Crippen molar-refractivity contribution in [3.8, 4) is 11.5 Å². The molecule has 3 rings (SSSR count). The van der Waals surface area contributed by atoms with Crippen molar-refractivity contribution in [3.63, 3.8) is 0 Å². The summed E-state index contributed by atoms with van der Waals surface area (Å²) in [5.74, 6) is 2.01. The van der Waals surface area contributed by atoms with Crippen molar-refractivity contribution in [2.24, 2.45) is 5.92 Å². The summed E-state index contributed by atoms with van der Waals surface area (Å²) >= 11 is 0. The first-order valence-electron chi connectivity index (χ1n) is 11.7. The van der Waals surface area contributed by atoms with Gasteiger partial charge in [0.2, 0.25) is 11.8 Å². The number of methoxy groups -OCH3 is 1. The van der Waals surface area contributed by atoms with Crippen LogP contribution >= 0.6 is 0 Å². The van der Waals surface area contributed by atoms with Gasteiger partial charge in [-0.05, 0) is 49.0 Å². The van der Waals surface area contributed by atoms with Gasteiger partial charge in [0.15, 0.2) is 11.5 Å². The van der Waals surface area contributed by atoms with E-state index in [0.29, 0.717) is 43.7 Å². The highest BCUT2D eigenvalue weighted by Crippen LogP contribution is 2.29. The topological polar surface area (TPSA) is 62.3 Å². The summed E-state index contributed by atoms with van der Waals surface area (Å²) in [7, 11) is 1.62. The lowest BCUT2D eigenvalue weighted by molar-refractivity contribution is -0.134. The Morgan fingerprint density at radius 2 is 1.69 bits per heavy atom. The van der Waals surface area contributed by atoms with Gasteiger partial charge < -0.3 is 19.3 Å². The summed E-state index contributed by atoms with van der Waals surface area (Å²) in [5, 5.41) is 0. The number of piperidine rings is 1. The lowest BCUT2D eigenvalue weighted by Gasteiger charge is -2.35. The van der Waals surface area contributed by atoms with E-state index in [0.717, 1.165) is 44.6 Å². The SMILES string of the molecule is COc1cc(/C=C/C(=O)N2CCN(CC(=O)N3CCCCC3)CC2)ccc1OCC(C)C. The minimum atomic E-state index is -0.00823. The molecule has 0 aliphatic carbocycles. The first kappa shape index (κ1) is 24.1. The number of benzene rings is 1. The third-order valence-electron chi connectivity index (χ3n) is 5.93. The van der Waals surface area contributed by atoms with Crippen LogP contribution in [0.2, 0.25) is 0 Å². The van der Waals surface area contributed by atoms with Gasteiger partial charge in [0.1, 0.15) is 0 Å². The van der Waals surface area contributed by atoms with E-state index >= 15 is 0 Å². The zero-order chi connectivity index (χ0) is 22.9. The molecule has 0 atom stereocenters. The molecule has 0 spiro atoms. The normalized spacial score (nSPS) is 17.8.